The molecule has 11 heteroatoms. The highest BCUT2D eigenvalue weighted by Crippen LogP contribution is 2.47. The Labute approximate surface area is 193 Å². The highest BCUT2D eigenvalue weighted by atomic mass is 31.2. The number of aliphatic hydroxyl groups excluding tert-OH is 3. The molecule has 0 radical (unpaired) electrons. The van der Waals surface area contributed by atoms with Crippen molar-refractivity contribution < 1.29 is 43.7 Å². The molecule has 33 heavy (non-hydrogen) atoms. The molecule has 3 fully saturated rings. The van der Waals surface area contributed by atoms with E-state index in [9.17, 15) is 24.7 Å². The molecular formula is C22H36NO9P. The first-order valence-corrected chi connectivity index (χ1v) is 13.5. The van der Waals surface area contributed by atoms with Crippen molar-refractivity contribution in [3.63, 3.8) is 0 Å². The van der Waals surface area contributed by atoms with Crippen molar-refractivity contribution in [3.05, 3.63) is 12.2 Å². The summed E-state index contributed by atoms with van der Waals surface area (Å²) < 4.78 is 21.6. The highest BCUT2D eigenvalue weighted by Gasteiger charge is 2.52. The summed E-state index contributed by atoms with van der Waals surface area (Å²) in [4.78, 5) is 30.7. The molecule has 5 rings (SSSR count). The van der Waals surface area contributed by atoms with Crippen LogP contribution in [0.2, 0.25) is 0 Å². The van der Waals surface area contributed by atoms with E-state index >= 15 is 0 Å². The Morgan fingerprint density at radius 2 is 1.85 bits per heavy atom. The average Bonchev–Trinajstić information content (AvgIpc) is 3.07. The number of aliphatic hydroxyl groups is 3. The zero-order valence-electron chi connectivity index (χ0n) is 18.7. The number of nitrogens with one attached hydrogen (secondary N) is 1. The van der Waals surface area contributed by atoms with Crippen molar-refractivity contribution in [1.29, 1.82) is 0 Å². The maximum Gasteiger partial charge on any atom is 0.469 e. The van der Waals surface area contributed by atoms with Crippen LogP contribution in [0.4, 0.5) is 0 Å². The molecule has 9 atom stereocenters. The van der Waals surface area contributed by atoms with Crippen molar-refractivity contribution in [2.24, 2.45) is 17.8 Å². The number of phosphoric acid groups is 1. The number of carbonyl (C=O) groups excluding carboxylic acids is 1. The maximum atomic E-state index is 12.7. The Hall–Kier alpha value is -0.840. The summed E-state index contributed by atoms with van der Waals surface area (Å²) in [6.07, 6.45) is 5.45. The minimum absolute atomic E-state index is 0.0741. The predicted molar refractivity (Wildman–Crippen MR) is 117 cm³/mol. The van der Waals surface area contributed by atoms with Gasteiger partial charge in [0.15, 0.2) is 0 Å². The van der Waals surface area contributed by atoms with E-state index < -0.39 is 50.5 Å². The quantitative estimate of drug-likeness (QED) is 0.313. The first-order valence-electron chi connectivity index (χ1n) is 12.0. The van der Waals surface area contributed by atoms with E-state index in [2.05, 4.69) is 9.84 Å². The molecule has 5 aliphatic rings. The lowest BCUT2D eigenvalue weighted by Crippen LogP contribution is -2.58. The number of phosphoric ester groups is 1. The minimum atomic E-state index is -4.75. The molecule has 1 amide bonds. The van der Waals surface area contributed by atoms with Gasteiger partial charge in [-0.25, -0.2) is 4.57 Å². The number of carbonyl (C=O) groups is 1. The van der Waals surface area contributed by atoms with Crippen molar-refractivity contribution >= 4 is 13.7 Å². The Morgan fingerprint density at radius 3 is 2.61 bits per heavy atom. The van der Waals surface area contributed by atoms with E-state index in [4.69, 9.17) is 14.5 Å². The summed E-state index contributed by atoms with van der Waals surface area (Å²) >= 11 is 0. The van der Waals surface area contributed by atoms with Gasteiger partial charge in [-0.05, 0) is 55.9 Å². The second-order valence-electron chi connectivity index (χ2n) is 10.2. The zero-order valence-corrected chi connectivity index (χ0v) is 19.6. The normalized spacial score (nSPS) is 45.5. The number of hydrogen-bond donors (Lipinski definition) is 6. The van der Waals surface area contributed by atoms with Crippen LogP contribution >= 0.6 is 7.82 Å². The molecule has 2 aliphatic carbocycles. The van der Waals surface area contributed by atoms with E-state index in [1.54, 1.807) is 0 Å². The maximum absolute atomic E-state index is 12.7. The Bertz CT molecular complexity index is 788. The summed E-state index contributed by atoms with van der Waals surface area (Å²) in [6, 6.07) is 0. The van der Waals surface area contributed by atoms with Crippen molar-refractivity contribution in [3.8, 4) is 0 Å². The summed E-state index contributed by atoms with van der Waals surface area (Å²) in [5.41, 5.74) is -0.754. The number of ether oxygens (including phenoxy) is 1. The van der Waals surface area contributed by atoms with Crippen molar-refractivity contribution in [2.45, 2.75) is 93.8 Å². The minimum Gasteiger partial charge on any atom is -0.391 e. The molecule has 3 bridgehead atoms. The van der Waals surface area contributed by atoms with Crippen LogP contribution in [-0.2, 0) is 18.6 Å². The fourth-order valence-corrected chi connectivity index (χ4v) is 6.76. The van der Waals surface area contributed by atoms with Crippen molar-refractivity contribution in [2.75, 3.05) is 6.61 Å². The first-order chi connectivity index (χ1) is 15.6. The largest absolute Gasteiger partial charge is 0.469 e. The van der Waals surface area contributed by atoms with Gasteiger partial charge in [-0.3, -0.25) is 9.32 Å². The molecular weight excluding hydrogens is 453 g/mol. The second kappa shape index (κ2) is 10.0. The first kappa shape index (κ1) is 25.3. The Balaban J connectivity index is 1.65. The topological polar surface area (TPSA) is 166 Å². The fraction of sp³-hybridized carbons (Fsp3) is 0.864. The van der Waals surface area contributed by atoms with Gasteiger partial charge in [0.1, 0.15) is 18.3 Å². The Kier molecular flexibility index (Phi) is 7.68. The van der Waals surface area contributed by atoms with Gasteiger partial charge in [-0.2, -0.15) is 0 Å². The molecule has 10 nitrogen and oxygen atoms in total. The number of fused-ring (bicyclic) bond motifs is 4. The smallest absolute Gasteiger partial charge is 0.391 e. The predicted octanol–water partition coefficient (Wildman–Crippen LogP) is 0.757. The van der Waals surface area contributed by atoms with Gasteiger partial charge in [0.25, 0.3) is 0 Å². The van der Waals surface area contributed by atoms with Crippen LogP contribution in [0.1, 0.15) is 57.8 Å². The standard InChI is InChI=1S/C22H36NO9P/c24-17-11-13-5-3-1-2-4-9-22(17)10-8-15(14(13)6-7-18(25)23-22)21-20(27)19(26)16(32-21)12-31-33(28,29)30/h6-7,13-17,19-21,24,26-27H,1-5,8-12H2,(H,23,25)(H2,28,29,30)/b7-6-. The van der Waals surface area contributed by atoms with E-state index in [1.165, 1.54) is 6.08 Å². The van der Waals surface area contributed by atoms with Gasteiger partial charge >= 0.3 is 7.82 Å². The average molecular weight is 490 g/mol. The summed E-state index contributed by atoms with van der Waals surface area (Å²) in [5, 5.41) is 35.7. The van der Waals surface area contributed by atoms with E-state index in [0.29, 0.717) is 25.7 Å². The second-order valence-corrected chi connectivity index (χ2v) is 11.4. The SMILES string of the molecule is O=C1/C=C\C2C3CCCCCCC(CCC2C2OC(COP(=O)(O)O)C(O)C2O)(N1)C(O)C3. The van der Waals surface area contributed by atoms with Crippen LogP contribution in [0, 0.1) is 17.8 Å². The number of hydrogen-bond acceptors (Lipinski definition) is 7. The lowest BCUT2D eigenvalue weighted by atomic mass is 9.64. The van der Waals surface area contributed by atoms with Gasteiger partial charge in [-0.1, -0.05) is 31.8 Å². The molecule has 3 aliphatic heterocycles. The van der Waals surface area contributed by atoms with Crippen LogP contribution in [0.5, 0.6) is 0 Å². The van der Waals surface area contributed by atoms with E-state index in [0.717, 1.165) is 32.1 Å². The van der Waals surface area contributed by atoms with Gasteiger partial charge in [-0.15, -0.1) is 0 Å². The molecule has 9 unspecified atom stereocenters. The Morgan fingerprint density at radius 1 is 1.09 bits per heavy atom. The molecule has 6 N–H and O–H groups in total. The van der Waals surface area contributed by atoms with Crippen LogP contribution in [0.15, 0.2) is 12.2 Å². The highest BCUT2D eigenvalue weighted by molar-refractivity contribution is 7.46. The van der Waals surface area contributed by atoms with Crippen molar-refractivity contribution in [1.82, 2.24) is 5.32 Å². The third kappa shape index (κ3) is 5.54. The fourth-order valence-electron chi connectivity index (χ4n) is 6.42. The summed E-state index contributed by atoms with van der Waals surface area (Å²) in [7, 11) is -4.75. The van der Waals surface area contributed by atoms with Gasteiger partial charge < -0.3 is 35.2 Å². The lowest BCUT2D eigenvalue weighted by molar-refractivity contribution is -0.121. The van der Waals surface area contributed by atoms with Gasteiger partial charge in [0.2, 0.25) is 5.91 Å². The number of rotatable bonds is 4. The zero-order chi connectivity index (χ0) is 23.8. The van der Waals surface area contributed by atoms with Gasteiger partial charge in [0.05, 0.1) is 24.4 Å². The van der Waals surface area contributed by atoms with Crippen LogP contribution in [0.3, 0.4) is 0 Å². The molecule has 0 aromatic heterocycles. The molecule has 2 saturated carbocycles. The van der Waals surface area contributed by atoms with Crippen LogP contribution in [-0.4, -0.2) is 73.7 Å². The molecule has 3 heterocycles. The number of allylic oxidation sites excluding steroid dienone is 1. The molecule has 1 spiro atoms. The van der Waals surface area contributed by atoms with E-state index in [1.807, 2.05) is 6.08 Å². The molecule has 0 aromatic carbocycles. The summed E-state index contributed by atoms with van der Waals surface area (Å²) in [6.45, 7) is -0.543. The third-order valence-electron chi connectivity index (χ3n) is 8.14. The summed E-state index contributed by atoms with van der Waals surface area (Å²) in [5.74, 6) is -0.560. The van der Waals surface area contributed by atoms with Crippen LogP contribution < -0.4 is 5.32 Å². The third-order valence-corrected chi connectivity index (χ3v) is 8.63. The van der Waals surface area contributed by atoms with E-state index in [-0.39, 0.29) is 23.7 Å². The monoisotopic (exact) mass is 489 g/mol. The van der Waals surface area contributed by atoms with Crippen LogP contribution in [0.25, 0.3) is 0 Å². The van der Waals surface area contributed by atoms with Gasteiger partial charge in [0, 0.05) is 0 Å². The number of amides is 1. The molecule has 1 saturated heterocycles. The molecule has 188 valence electrons. The lowest BCUT2D eigenvalue weighted by Gasteiger charge is -2.46. The molecule has 0 aromatic rings.